The Morgan fingerprint density at radius 3 is 2.41 bits per heavy atom. The van der Waals surface area contributed by atoms with Crippen molar-refractivity contribution in [3.8, 4) is 0 Å². The summed E-state index contributed by atoms with van der Waals surface area (Å²) in [4.78, 5) is 14.2. The van der Waals surface area contributed by atoms with Gasteiger partial charge in [-0.3, -0.25) is 4.79 Å². The van der Waals surface area contributed by atoms with Gasteiger partial charge in [-0.2, -0.15) is 0 Å². The van der Waals surface area contributed by atoms with Crippen LogP contribution in [0.25, 0.3) is 16.8 Å². The SMILES string of the molecule is CN(C)C1=Cc2cccc3cccc(c23)C1=O. The highest BCUT2D eigenvalue weighted by atomic mass is 16.1. The lowest BCUT2D eigenvalue weighted by Crippen LogP contribution is -2.21. The second-order valence-electron chi connectivity index (χ2n) is 4.50. The third kappa shape index (κ3) is 1.37. The zero-order valence-corrected chi connectivity index (χ0v) is 9.90. The fourth-order valence-corrected chi connectivity index (χ4v) is 2.36. The zero-order valence-electron chi connectivity index (χ0n) is 9.90. The molecule has 0 N–H and O–H groups in total. The van der Waals surface area contributed by atoms with Crippen LogP contribution in [-0.4, -0.2) is 24.8 Å². The maximum atomic E-state index is 12.3. The second-order valence-corrected chi connectivity index (χ2v) is 4.50. The molecule has 1 aliphatic rings. The van der Waals surface area contributed by atoms with Gasteiger partial charge >= 0.3 is 0 Å². The van der Waals surface area contributed by atoms with E-state index in [0.717, 1.165) is 27.6 Å². The maximum absolute atomic E-state index is 12.3. The number of likely N-dealkylation sites (N-methyl/N-ethyl adjacent to an activating group) is 1. The van der Waals surface area contributed by atoms with Gasteiger partial charge in [0.15, 0.2) is 0 Å². The zero-order chi connectivity index (χ0) is 12.0. The minimum Gasteiger partial charge on any atom is -0.374 e. The minimum atomic E-state index is 0.110. The fraction of sp³-hybridized carbons (Fsp3) is 0.133. The number of nitrogens with zero attached hydrogens (tertiary/aromatic N) is 1. The van der Waals surface area contributed by atoms with Crippen LogP contribution >= 0.6 is 0 Å². The van der Waals surface area contributed by atoms with Crippen LogP contribution in [0.15, 0.2) is 42.1 Å². The number of hydrogen-bond donors (Lipinski definition) is 0. The molecule has 2 nitrogen and oxygen atoms in total. The Morgan fingerprint density at radius 2 is 1.71 bits per heavy atom. The van der Waals surface area contributed by atoms with Crippen LogP contribution in [0.3, 0.4) is 0 Å². The van der Waals surface area contributed by atoms with Gasteiger partial charge in [0.05, 0.1) is 5.70 Å². The van der Waals surface area contributed by atoms with Gasteiger partial charge in [0.25, 0.3) is 0 Å². The number of rotatable bonds is 1. The summed E-state index contributed by atoms with van der Waals surface area (Å²) in [6, 6.07) is 12.0. The summed E-state index contributed by atoms with van der Waals surface area (Å²) in [5.74, 6) is 0.110. The molecule has 0 unspecified atom stereocenters. The maximum Gasteiger partial charge on any atom is 0.209 e. The summed E-state index contributed by atoms with van der Waals surface area (Å²) < 4.78 is 0. The lowest BCUT2D eigenvalue weighted by Gasteiger charge is -2.21. The minimum absolute atomic E-state index is 0.110. The van der Waals surface area contributed by atoms with E-state index in [2.05, 4.69) is 6.07 Å². The quantitative estimate of drug-likeness (QED) is 0.740. The van der Waals surface area contributed by atoms with Crippen molar-refractivity contribution in [2.45, 2.75) is 0 Å². The highest BCUT2D eigenvalue weighted by Crippen LogP contribution is 2.31. The molecule has 0 saturated heterocycles. The van der Waals surface area contributed by atoms with Crippen molar-refractivity contribution >= 4 is 22.6 Å². The van der Waals surface area contributed by atoms with Crippen LogP contribution in [0.2, 0.25) is 0 Å². The summed E-state index contributed by atoms with van der Waals surface area (Å²) in [5.41, 5.74) is 2.68. The molecule has 1 aliphatic carbocycles. The van der Waals surface area contributed by atoms with Gasteiger partial charge in [-0.25, -0.2) is 0 Å². The molecule has 3 rings (SSSR count). The van der Waals surface area contributed by atoms with E-state index in [0.29, 0.717) is 0 Å². The van der Waals surface area contributed by atoms with Crippen molar-refractivity contribution in [1.29, 1.82) is 0 Å². The highest BCUT2D eigenvalue weighted by Gasteiger charge is 2.22. The first-order chi connectivity index (χ1) is 8.18. The molecule has 0 bridgehead atoms. The first-order valence-corrected chi connectivity index (χ1v) is 5.64. The first-order valence-electron chi connectivity index (χ1n) is 5.64. The molecular weight excluding hydrogens is 210 g/mol. The Balaban J connectivity index is 2.41. The summed E-state index contributed by atoms with van der Waals surface area (Å²) in [6.45, 7) is 0. The molecule has 0 fully saturated rings. The molecular formula is C15H13NO. The van der Waals surface area contributed by atoms with Crippen LogP contribution in [-0.2, 0) is 0 Å². The Bertz CT molecular complexity index is 648. The van der Waals surface area contributed by atoms with Gasteiger partial charge in [-0.05, 0) is 17.0 Å². The molecule has 17 heavy (non-hydrogen) atoms. The van der Waals surface area contributed by atoms with E-state index < -0.39 is 0 Å². The predicted molar refractivity (Wildman–Crippen MR) is 69.9 cm³/mol. The molecule has 0 heterocycles. The largest absolute Gasteiger partial charge is 0.374 e. The Kier molecular flexibility index (Phi) is 2.05. The fourth-order valence-electron chi connectivity index (χ4n) is 2.36. The van der Waals surface area contributed by atoms with E-state index in [-0.39, 0.29) is 5.78 Å². The third-order valence-corrected chi connectivity index (χ3v) is 3.19. The normalized spacial score (nSPS) is 13.8. The van der Waals surface area contributed by atoms with Crippen molar-refractivity contribution in [3.05, 3.63) is 53.2 Å². The van der Waals surface area contributed by atoms with E-state index in [9.17, 15) is 4.79 Å². The first kappa shape index (κ1) is 10.1. The van der Waals surface area contributed by atoms with Crippen molar-refractivity contribution in [2.24, 2.45) is 0 Å². The van der Waals surface area contributed by atoms with Crippen molar-refractivity contribution in [2.75, 3.05) is 14.1 Å². The van der Waals surface area contributed by atoms with Gasteiger partial charge in [0, 0.05) is 25.0 Å². The standard InChI is InChI=1S/C15H13NO/c1-16(2)13-9-11-7-3-5-10-6-4-8-12(14(10)11)15(13)17/h3-9H,1-2H3. The van der Waals surface area contributed by atoms with E-state index >= 15 is 0 Å². The van der Waals surface area contributed by atoms with Crippen LogP contribution < -0.4 is 0 Å². The smallest absolute Gasteiger partial charge is 0.209 e. The van der Waals surface area contributed by atoms with Crippen LogP contribution in [0.4, 0.5) is 0 Å². The highest BCUT2D eigenvalue weighted by molar-refractivity contribution is 6.22. The van der Waals surface area contributed by atoms with Crippen molar-refractivity contribution in [3.63, 3.8) is 0 Å². The summed E-state index contributed by atoms with van der Waals surface area (Å²) in [5, 5.41) is 2.20. The van der Waals surface area contributed by atoms with E-state index in [1.54, 1.807) is 0 Å². The molecule has 0 aliphatic heterocycles. The summed E-state index contributed by atoms with van der Waals surface area (Å²) >= 11 is 0. The third-order valence-electron chi connectivity index (χ3n) is 3.19. The van der Waals surface area contributed by atoms with Crippen LogP contribution in [0, 0.1) is 0 Å². The number of benzene rings is 2. The Morgan fingerprint density at radius 1 is 1.00 bits per heavy atom. The molecule has 0 amide bonds. The van der Waals surface area contributed by atoms with Crippen molar-refractivity contribution in [1.82, 2.24) is 4.90 Å². The van der Waals surface area contributed by atoms with Gasteiger partial charge < -0.3 is 4.90 Å². The number of carbonyl (C=O) groups excluding carboxylic acids is 1. The lowest BCUT2D eigenvalue weighted by atomic mass is 9.90. The molecule has 0 spiro atoms. The number of Topliss-reactive ketones (excluding diaryl/α,β-unsaturated/α-hetero) is 1. The average Bonchev–Trinajstić information content (AvgIpc) is 2.33. The molecule has 0 radical (unpaired) electrons. The van der Waals surface area contributed by atoms with Gasteiger partial charge in [0.1, 0.15) is 0 Å². The molecule has 2 aromatic rings. The van der Waals surface area contributed by atoms with Crippen molar-refractivity contribution < 1.29 is 4.79 Å². The number of hydrogen-bond acceptors (Lipinski definition) is 2. The second kappa shape index (κ2) is 3.45. The monoisotopic (exact) mass is 223 g/mol. The van der Waals surface area contributed by atoms with Gasteiger partial charge in [0.2, 0.25) is 5.78 Å². The molecule has 0 saturated carbocycles. The predicted octanol–water partition coefficient (Wildman–Crippen LogP) is 2.94. The topological polar surface area (TPSA) is 20.3 Å². The molecule has 2 heteroatoms. The number of carbonyl (C=O) groups is 1. The summed E-state index contributed by atoms with van der Waals surface area (Å²) in [6.07, 6.45) is 1.97. The Labute approximate surface area is 100 Å². The van der Waals surface area contributed by atoms with Gasteiger partial charge in [-0.15, -0.1) is 0 Å². The van der Waals surface area contributed by atoms with E-state index in [4.69, 9.17) is 0 Å². The average molecular weight is 223 g/mol. The van der Waals surface area contributed by atoms with Gasteiger partial charge in [-0.1, -0.05) is 36.4 Å². The van der Waals surface area contributed by atoms with Crippen LogP contribution in [0.1, 0.15) is 15.9 Å². The molecule has 2 aromatic carbocycles. The Hall–Kier alpha value is -2.09. The molecule has 0 aromatic heterocycles. The molecule has 0 atom stereocenters. The lowest BCUT2D eigenvalue weighted by molar-refractivity contribution is 0.101. The van der Waals surface area contributed by atoms with E-state index in [1.165, 1.54) is 0 Å². The number of allylic oxidation sites excluding steroid dienone is 1. The van der Waals surface area contributed by atoms with E-state index in [1.807, 2.05) is 55.4 Å². The molecule has 84 valence electrons. The number of ketones is 1. The van der Waals surface area contributed by atoms with Crippen LogP contribution in [0.5, 0.6) is 0 Å². The summed E-state index contributed by atoms with van der Waals surface area (Å²) in [7, 11) is 3.80.